The summed E-state index contributed by atoms with van der Waals surface area (Å²) in [7, 11) is 0. The van der Waals surface area contributed by atoms with Crippen molar-refractivity contribution in [2.75, 3.05) is 6.61 Å². The zero-order valence-corrected chi connectivity index (χ0v) is 9.70. The second-order valence-corrected chi connectivity index (χ2v) is 3.17. The van der Waals surface area contributed by atoms with Crippen molar-refractivity contribution < 1.29 is 14.6 Å². The smallest absolute Gasteiger partial charge is 0.302 e. The van der Waals surface area contributed by atoms with Crippen LogP contribution in [0.5, 0.6) is 5.75 Å². The summed E-state index contributed by atoms with van der Waals surface area (Å²) in [5, 5.41) is 9.21. The summed E-state index contributed by atoms with van der Waals surface area (Å²) in [6.45, 7) is 7.44. The van der Waals surface area contributed by atoms with E-state index in [-0.39, 0.29) is 5.97 Å². The molecular formula is C12H18O3. The number of hydrogen-bond donors (Lipinski definition) is 1. The molecule has 0 unspecified atom stereocenters. The van der Waals surface area contributed by atoms with Crippen LogP contribution in [-0.2, 0) is 9.53 Å². The quantitative estimate of drug-likeness (QED) is 0.725. The number of benzene rings is 1. The molecule has 0 amide bonds. The molecule has 0 radical (unpaired) electrons. The van der Waals surface area contributed by atoms with Crippen LogP contribution in [0.15, 0.2) is 18.2 Å². The molecule has 0 atom stereocenters. The number of esters is 1. The minimum Gasteiger partial charge on any atom is -0.507 e. The Labute approximate surface area is 90.7 Å². The van der Waals surface area contributed by atoms with Crippen LogP contribution >= 0.6 is 0 Å². The molecule has 1 rings (SSSR count). The van der Waals surface area contributed by atoms with E-state index in [4.69, 9.17) is 0 Å². The summed E-state index contributed by atoms with van der Waals surface area (Å²) in [6, 6.07) is 5.72. The lowest BCUT2D eigenvalue weighted by atomic mass is 10.1. The van der Waals surface area contributed by atoms with Gasteiger partial charge >= 0.3 is 5.97 Å². The molecule has 0 aliphatic carbocycles. The lowest BCUT2D eigenvalue weighted by Gasteiger charge is -1.99. The molecule has 3 heteroatoms. The fourth-order valence-electron chi connectivity index (χ4n) is 1.01. The van der Waals surface area contributed by atoms with Gasteiger partial charge in [0.2, 0.25) is 0 Å². The number of phenolic OH excluding ortho intramolecular Hbond substituents is 1. The number of rotatable bonds is 1. The third-order valence-electron chi connectivity index (χ3n) is 1.79. The van der Waals surface area contributed by atoms with E-state index >= 15 is 0 Å². The Bertz CT molecular complexity index is 298. The van der Waals surface area contributed by atoms with Crippen molar-refractivity contribution in [1.29, 1.82) is 0 Å². The Balaban J connectivity index is 0.000000288. The Kier molecular flexibility index (Phi) is 6.18. The Morgan fingerprint density at radius 3 is 2.00 bits per heavy atom. The summed E-state index contributed by atoms with van der Waals surface area (Å²) in [5.41, 5.74) is 1.88. The van der Waals surface area contributed by atoms with Gasteiger partial charge in [-0.25, -0.2) is 0 Å². The van der Waals surface area contributed by atoms with Gasteiger partial charge in [0.1, 0.15) is 5.75 Å². The number of phenols is 1. The lowest BCUT2D eigenvalue weighted by Crippen LogP contribution is -1.95. The molecule has 84 valence electrons. The number of carbonyl (C=O) groups excluding carboxylic acids is 1. The SMILES string of the molecule is CCOC(C)=O.Cc1cccc(C)c1O. The van der Waals surface area contributed by atoms with E-state index in [1.807, 2.05) is 32.0 Å². The molecule has 0 aliphatic rings. The van der Waals surface area contributed by atoms with Crippen molar-refractivity contribution in [2.24, 2.45) is 0 Å². The van der Waals surface area contributed by atoms with Crippen molar-refractivity contribution in [1.82, 2.24) is 0 Å². The molecule has 0 saturated carbocycles. The molecule has 0 spiro atoms. The van der Waals surface area contributed by atoms with E-state index in [1.54, 1.807) is 6.92 Å². The van der Waals surface area contributed by atoms with Crippen molar-refractivity contribution in [3.8, 4) is 5.75 Å². The minimum atomic E-state index is -0.211. The van der Waals surface area contributed by atoms with Crippen LogP contribution < -0.4 is 0 Å². The summed E-state index contributed by atoms with van der Waals surface area (Å²) < 4.78 is 4.40. The van der Waals surface area contributed by atoms with Crippen molar-refractivity contribution in [3.63, 3.8) is 0 Å². The average Bonchev–Trinajstić information content (AvgIpc) is 2.15. The highest BCUT2D eigenvalue weighted by atomic mass is 16.5. The molecule has 1 aromatic rings. The van der Waals surface area contributed by atoms with Crippen LogP contribution in [0.3, 0.4) is 0 Å². The topological polar surface area (TPSA) is 46.5 Å². The Morgan fingerprint density at radius 2 is 1.80 bits per heavy atom. The second-order valence-electron chi connectivity index (χ2n) is 3.17. The molecule has 3 nitrogen and oxygen atoms in total. The number of para-hydroxylation sites is 1. The molecule has 1 N–H and O–H groups in total. The number of aromatic hydroxyl groups is 1. The molecule has 0 aromatic heterocycles. The van der Waals surface area contributed by atoms with Crippen LogP contribution in [0.25, 0.3) is 0 Å². The van der Waals surface area contributed by atoms with E-state index in [9.17, 15) is 9.90 Å². The van der Waals surface area contributed by atoms with Crippen LogP contribution in [0.1, 0.15) is 25.0 Å². The van der Waals surface area contributed by atoms with Crippen LogP contribution in [-0.4, -0.2) is 17.7 Å². The monoisotopic (exact) mass is 210 g/mol. The van der Waals surface area contributed by atoms with Gasteiger partial charge in [0.15, 0.2) is 0 Å². The van der Waals surface area contributed by atoms with Gasteiger partial charge in [0.25, 0.3) is 0 Å². The van der Waals surface area contributed by atoms with Gasteiger partial charge in [-0.05, 0) is 31.9 Å². The van der Waals surface area contributed by atoms with Crippen molar-refractivity contribution in [2.45, 2.75) is 27.7 Å². The van der Waals surface area contributed by atoms with Crippen LogP contribution in [0.2, 0.25) is 0 Å². The fourth-order valence-corrected chi connectivity index (χ4v) is 1.01. The predicted octanol–water partition coefficient (Wildman–Crippen LogP) is 2.58. The van der Waals surface area contributed by atoms with Crippen molar-refractivity contribution >= 4 is 5.97 Å². The molecule has 0 bridgehead atoms. The number of hydrogen-bond acceptors (Lipinski definition) is 3. The maximum atomic E-state index is 9.82. The highest BCUT2D eigenvalue weighted by Gasteiger charge is 1.95. The van der Waals surface area contributed by atoms with Crippen molar-refractivity contribution in [3.05, 3.63) is 29.3 Å². The summed E-state index contributed by atoms with van der Waals surface area (Å²) in [6.07, 6.45) is 0. The maximum Gasteiger partial charge on any atom is 0.302 e. The van der Waals surface area contributed by atoms with Gasteiger partial charge in [-0.3, -0.25) is 4.79 Å². The lowest BCUT2D eigenvalue weighted by molar-refractivity contribution is -0.140. The maximum absolute atomic E-state index is 9.82. The number of ether oxygens (including phenoxy) is 1. The largest absolute Gasteiger partial charge is 0.507 e. The molecule has 15 heavy (non-hydrogen) atoms. The molecular weight excluding hydrogens is 192 g/mol. The summed E-state index contributed by atoms with van der Waals surface area (Å²) in [4.78, 5) is 9.82. The average molecular weight is 210 g/mol. The zero-order valence-electron chi connectivity index (χ0n) is 9.70. The summed E-state index contributed by atoms with van der Waals surface area (Å²) >= 11 is 0. The number of carbonyl (C=O) groups is 1. The van der Waals surface area contributed by atoms with E-state index in [0.717, 1.165) is 11.1 Å². The molecule has 0 saturated heterocycles. The first kappa shape index (κ1) is 13.5. The second kappa shape index (κ2) is 6.87. The first-order chi connectivity index (χ1) is 6.99. The Morgan fingerprint density at radius 1 is 1.33 bits per heavy atom. The van der Waals surface area contributed by atoms with Crippen LogP contribution in [0.4, 0.5) is 0 Å². The van der Waals surface area contributed by atoms with E-state index in [2.05, 4.69) is 4.74 Å². The van der Waals surface area contributed by atoms with Gasteiger partial charge in [-0.1, -0.05) is 18.2 Å². The van der Waals surface area contributed by atoms with E-state index < -0.39 is 0 Å². The zero-order chi connectivity index (χ0) is 11.8. The van der Waals surface area contributed by atoms with Gasteiger partial charge < -0.3 is 9.84 Å². The minimum absolute atomic E-state index is 0.211. The molecule has 0 fully saturated rings. The summed E-state index contributed by atoms with van der Waals surface area (Å²) in [5.74, 6) is 0.204. The molecule has 0 heterocycles. The van der Waals surface area contributed by atoms with E-state index in [1.165, 1.54) is 6.92 Å². The van der Waals surface area contributed by atoms with Gasteiger partial charge in [-0.15, -0.1) is 0 Å². The number of aryl methyl sites for hydroxylation is 2. The van der Waals surface area contributed by atoms with Gasteiger partial charge in [-0.2, -0.15) is 0 Å². The molecule has 1 aromatic carbocycles. The third-order valence-corrected chi connectivity index (χ3v) is 1.79. The Hall–Kier alpha value is -1.51. The first-order valence-corrected chi connectivity index (χ1v) is 4.87. The van der Waals surface area contributed by atoms with Gasteiger partial charge in [0.05, 0.1) is 6.61 Å². The highest BCUT2D eigenvalue weighted by Crippen LogP contribution is 2.19. The normalized spacial score (nSPS) is 8.80. The standard InChI is InChI=1S/C8H10O.C4H8O2/c1-6-4-3-5-7(2)8(6)9;1-3-6-4(2)5/h3-5,9H,1-2H3;3H2,1-2H3. The van der Waals surface area contributed by atoms with Gasteiger partial charge in [0, 0.05) is 6.92 Å². The van der Waals surface area contributed by atoms with Crippen LogP contribution in [0, 0.1) is 13.8 Å². The third kappa shape index (κ3) is 5.73. The first-order valence-electron chi connectivity index (χ1n) is 4.87. The highest BCUT2D eigenvalue weighted by molar-refractivity contribution is 5.65. The molecule has 0 aliphatic heterocycles. The predicted molar refractivity (Wildman–Crippen MR) is 59.9 cm³/mol. The van der Waals surface area contributed by atoms with E-state index in [0.29, 0.717) is 12.4 Å². The fraction of sp³-hybridized carbons (Fsp3) is 0.417.